The van der Waals surface area contributed by atoms with Gasteiger partial charge in [0.25, 0.3) is 0 Å². The number of furan rings is 1. The van der Waals surface area contributed by atoms with Gasteiger partial charge in [-0.05, 0) is 63.2 Å². The van der Waals surface area contributed by atoms with Crippen molar-refractivity contribution in [3.05, 3.63) is 121 Å². The fraction of sp³-hybridized carbons (Fsp3) is 0.0323. The summed E-state index contributed by atoms with van der Waals surface area (Å²) in [6.07, 6.45) is 0. The van der Waals surface area contributed by atoms with Crippen LogP contribution >= 0.6 is 0 Å². The van der Waals surface area contributed by atoms with E-state index in [2.05, 4.69) is 103 Å². The van der Waals surface area contributed by atoms with Crippen LogP contribution in [0.1, 0.15) is 5.56 Å². The van der Waals surface area contributed by atoms with Gasteiger partial charge in [0.15, 0.2) is 0 Å². The van der Waals surface area contributed by atoms with Gasteiger partial charge in [-0.15, -0.1) is 0 Å². The Balaban J connectivity index is 1.51. The Hall–Kier alpha value is -4.14. The molecule has 0 unspecified atom stereocenters. The van der Waals surface area contributed by atoms with Gasteiger partial charge in [-0.3, -0.25) is 0 Å². The molecular formula is C31H23NO. The lowest BCUT2D eigenvalue weighted by Gasteiger charge is -2.07. The molecule has 1 heterocycles. The zero-order chi connectivity index (χ0) is 22.2. The lowest BCUT2D eigenvalue weighted by atomic mass is 9.95. The highest BCUT2D eigenvalue weighted by Crippen LogP contribution is 2.38. The normalized spacial score (nSPS) is 11.3. The van der Waals surface area contributed by atoms with E-state index >= 15 is 0 Å². The van der Waals surface area contributed by atoms with Crippen LogP contribution in [0.4, 0.5) is 0 Å². The number of rotatable bonds is 4. The lowest BCUT2D eigenvalue weighted by Crippen LogP contribution is -1.95. The third-order valence-corrected chi connectivity index (χ3v) is 6.30. The molecule has 0 aliphatic heterocycles. The minimum atomic E-state index is 0.546. The van der Waals surface area contributed by atoms with Crippen molar-refractivity contribution in [1.29, 1.82) is 0 Å². The Morgan fingerprint density at radius 3 is 1.97 bits per heavy atom. The van der Waals surface area contributed by atoms with E-state index < -0.39 is 0 Å². The highest BCUT2D eigenvalue weighted by molar-refractivity contribution is 6.13. The number of fused-ring (bicyclic) bond motifs is 3. The zero-order valence-corrected chi connectivity index (χ0v) is 18.2. The summed E-state index contributed by atoms with van der Waals surface area (Å²) in [7, 11) is 0. The molecule has 0 bridgehead atoms. The van der Waals surface area contributed by atoms with E-state index in [0.29, 0.717) is 6.54 Å². The lowest BCUT2D eigenvalue weighted by molar-refractivity contribution is 0.669. The molecule has 2 heteroatoms. The Bertz CT molecular complexity index is 1580. The predicted molar refractivity (Wildman–Crippen MR) is 138 cm³/mol. The molecule has 5 aromatic carbocycles. The second-order valence-electron chi connectivity index (χ2n) is 8.34. The molecule has 0 saturated carbocycles. The van der Waals surface area contributed by atoms with E-state index in [0.717, 1.165) is 33.1 Å². The highest BCUT2D eigenvalue weighted by Gasteiger charge is 2.14. The van der Waals surface area contributed by atoms with Gasteiger partial charge in [-0.25, -0.2) is 0 Å². The van der Waals surface area contributed by atoms with Gasteiger partial charge in [0.05, 0.1) is 0 Å². The molecule has 1 aromatic heterocycles. The van der Waals surface area contributed by atoms with Gasteiger partial charge >= 0.3 is 0 Å². The van der Waals surface area contributed by atoms with Gasteiger partial charge in [0.2, 0.25) is 0 Å². The number of nitrogens with two attached hydrogens (primary N) is 1. The van der Waals surface area contributed by atoms with Crippen LogP contribution < -0.4 is 5.73 Å². The third kappa shape index (κ3) is 3.51. The van der Waals surface area contributed by atoms with Crippen molar-refractivity contribution in [1.82, 2.24) is 0 Å². The van der Waals surface area contributed by atoms with Crippen LogP contribution in [0.5, 0.6) is 0 Å². The fourth-order valence-corrected chi connectivity index (χ4v) is 4.58. The summed E-state index contributed by atoms with van der Waals surface area (Å²) >= 11 is 0. The van der Waals surface area contributed by atoms with Crippen LogP contribution in [0.15, 0.2) is 120 Å². The number of hydrogen-bond donors (Lipinski definition) is 1. The first-order valence-corrected chi connectivity index (χ1v) is 11.2. The molecule has 33 heavy (non-hydrogen) atoms. The van der Waals surface area contributed by atoms with Crippen LogP contribution in [-0.2, 0) is 6.54 Å². The first-order chi connectivity index (χ1) is 16.3. The summed E-state index contributed by atoms with van der Waals surface area (Å²) in [5, 5.41) is 2.28. The summed E-state index contributed by atoms with van der Waals surface area (Å²) in [5.41, 5.74) is 15.9. The molecule has 0 spiro atoms. The van der Waals surface area contributed by atoms with E-state index in [1.165, 1.54) is 27.8 Å². The molecule has 0 radical (unpaired) electrons. The van der Waals surface area contributed by atoms with E-state index in [1.54, 1.807) is 0 Å². The quantitative estimate of drug-likeness (QED) is 0.310. The number of benzene rings is 5. The van der Waals surface area contributed by atoms with Crippen LogP contribution in [0.2, 0.25) is 0 Å². The molecule has 0 aliphatic rings. The molecular weight excluding hydrogens is 402 g/mol. The van der Waals surface area contributed by atoms with Crippen LogP contribution in [-0.4, -0.2) is 0 Å². The Labute approximate surface area is 192 Å². The second kappa shape index (κ2) is 8.09. The summed E-state index contributed by atoms with van der Waals surface area (Å²) in [6, 6.07) is 40.4. The minimum Gasteiger partial charge on any atom is -0.456 e. The molecule has 2 N–H and O–H groups in total. The Morgan fingerprint density at radius 1 is 0.515 bits per heavy atom. The molecule has 2 nitrogen and oxygen atoms in total. The molecule has 0 aliphatic carbocycles. The second-order valence-corrected chi connectivity index (χ2v) is 8.34. The highest BCUT2D eigenvalue weighted by atomic mass is 16.3. The van der Waals surface area contributed by atoms with Crippen LogP contribution in [0.25, 0.3) is 55.3 Å². The maximum absolute atomic E-state index is 6.22. The van der Waals surface area contributed by atoms with E-state index in [-0.39, 0.29) is 0 Å². The monoisotopic (exact) mass is 425 g/mol. The first-order valence-electron chi connectivity index (χ1n) is 11.2. The molecule has 6 rings (SSSR count). The maximum atomic E-state index is 6.22. The molecule has 0 amide bonds. The van der Waals surface area contributed by atoms with Gasteiger partial charge in [0.1, 0.15) is 11.2 Å². The largest absolute Gasteiger partial charge is 0.456 e. The fourth-order valence-electron chi connectivity index (χ4n) is 4.58. The maximum Gasteiger partial charge on any atom is 0.136 e. The minimum absolute atomic E-state index is 0.546. The van der Waals surface area contributed by atoms with Crippen molar-refractivity contribution in [3.8, 4) is 33.4 Å². The summed E-state index contributed by atoms with van der Waals surface area (Å²) < 4.78 is 6.22. The SMILES string of the molecule is NCc1ccc(-c2cccc3oc4ccc(-c5cccc(-c6ccccc6)c5)cc4c23)cc1. The molecule has 158 valence electrons. The van der Waals surface area contributed by atoms with Crippen molar-refractivity contribution < 1.29 is 4.42 Å². The van der Waals surface area contributed by atoms with Gasteiger partial charge < -0.3 is 10.2 Å². The summed E-state index contributed by atoms with van der Waals surface area (Å²) in [6.45, 7) is 0.546. The molecule has 0 atom stereocenters. The smallest absolute Gasteiger partial charge is 0.136 e. The topological polar surface area (TPSA) is 39.2 Å². The standard InChI is InChI=1S/C31H23NO/c32-20-21-12-14-23(15-13-21)27-10-5-11-30-31(27)28-19-26(16-17-29(28)33-30)25-9-4-8-24(18-25)22-6-2-1-3-7-22/h1-19H,20,32H2. The Kier molecular flexibility index (Phi) is 4.79. The van der Waals surface area contributed by atoms with Crippen LogP contribution in [0, 0.1) is 0 Å². The zero-order valence-electron chi connectivity index (χ0n) is 18.2. The first kappa shape index (κ1) is 19.5. The van der Waals surface area contributed by atoms with Gasteiger partial charge in [0, 0.05) is 17.3 Å². The Morgan fingerprint density at radius 2 is 1.18 bits per heavy atom. The average Bonchev–Trinajstić information content (AvgIpc) is 3.27. The van der Waals surface area contributed by atoms with Crippen LogP contribution in [0.3, 0.4) is 0 Å². The van der Waals surface area contributed by atoms with E-state index in [4.69, 9.17) is 10.2 Å². The predicted octanol–water partition coefficient (Wildman–Crippen LogP) is 8.05. The van der Waals surface area contributed by atoms with Crippen molar-refractivity contribution in [2.75, 3.05) is 0 Å². The van der Waals surface area contributed by atoms with Gasteiger partial charge in [-0.1, -0.05) is 91.0 Å². The van der Waals surface area contributed by atoms with E-state index in [9.17, 15) is 0 Å². The van der Waals surface area contributed by atoms with Gasteiger partial charge in [-0.2, -0.15) is 0 Å². The van der Waals surface area contributed by atoms with Crippen molar-refractivity contribution >= 4 is 21.9 Å². The van der Waals surface area contributed by atoms with Crippen molar-refractivity contribution in [2.45, 2.75) is 6.54 Å². The number of hydrogen-bond acceptors (Lipinski definition) is 2. The van der Waals surface area contributed by atoms with Crippen molar-refractivity contribution in [3.63, 3.8) is 0 Å². The van der Waals surface area contributed by atoms with E-state index in [1.807, 2.05) is 12.1 Å². The summed E-state index contributed by atoms with van der Waals surface area (Å²) in [5.74, 6) is 0. The molecule has 0 fully saturated rings. The summed E-state index contributed by atoms with van der Waals surface area (Å²) in [4.78, 5) is 0. The molecule has 0 saturated heterocycles. The van der Waals surface area contributed by atoms with Crippen molar-refractivity contribution in [2.24, 2.45) is 5.73 Å². The average molecular weight is 426 g/mol. The third-order valence-electron chi connectivity index (χ3n) is 6.30. The molecule has 6 aromatic rings.